The number of H-pyrrole nitrogens is 1. The lowest BCUT2D eigenvalue weighted by Crippen LogP contribution is -2.28. The van der Waals surface area contributed by atoms with Crippen molar-refractivity contribution in [3.63, 3.8) is 0 Å². The van der Waals surface area contributed by atoms with Gasteiger partial charge >= 0.3 is 0 Å². The van der Waals surface area contributed by atoms with Gasteiger partial charge in [0.15, 0.2) is 0 Å². The summed E-state index contributed by atoms with van der Waals surface area (Å²) in [4.78, 5) is 18.5. The summed E-state index contributed by atoms with van der Waals surface area (Å²) in [7, 11) is 0. The van der Waals surface area contributed by atoms with Crippen LogP contribution in [0.25, 0.3) is 0 Å². The molecular formula is C12H14N4O. The molecule has 1 heterocycles. The first-order chi connectivity index (χ1) is 8.16. The molecule has 2 aromatic rings. The summed E-state index contributed by atoms with van der Waals surface area (Å²) in [5.41, 5.74) is 7.76. The van der Waals surface area contributed by atoms with Crippen molar-refractivity contribution < 1.29 is 4.79 Å². The van der Waals surface area contributed by atoms with Crippen molar-refractivity contribution >= 4 is 11.9 Å². The molecule has 5 heteroatoms. The molecule has 4 N–H and O–H groups in total. The van der Waals surface area contributed by atoms with Gasteiger partial charge in [0.25, 0.3) is 0 Å². The molecule has 0 aliphatic carbocycles. The number of hydrogen-bond donors (Lipinski definition) is 3. The van der Waals surface area contributed by atoms with Crippen LogP contribution in [-0.4, -0.2) is 15.9 Å². The number of nitrogens with zero attached hydrogens (tertiary/aromatic N) is 1. The summed E-state index contributed by atoms with van der Waals surface area (Å²) in [6.07, 6.45) is 3.19. The molecule has 0 fully saturated rings. The van der Waals surface area contributed by atoms with Crippen molar-refractivity contribution in [3.05, 3.63) is 47.8 Å². The van der Waals surface area contributed by atoms with E-state index in [1.54, 1.807) is 12.4 Å². The minimum atomic E-state index is -0.694. The van der Waals surface area contributed by atoms with E-state index in [2.05, 4.69) is 15.3 Å². The van der Waals surface area contributed by atoms with Gasteiger partial charge in [-0.25, -0.2) is 4.98 Å². The van der Waals surface area contributed by atoms with Crippen LogP contribution < -0.4 is 11.1 Å². The lowest BCUT2D eigenvalue weighted by Gasteiger charge is -2.11. The van der Waals surface area contributed by atoms with Crippen LogP contribution in [0.1, 0.15) is 17.2 Å². The van der Waals surface area contributed by atoms with Crippen LogP contribution >= 0.6 is 0 Å². The van der Waals surface area contributed by atoms with Gasteiger partial charge in [0.2, 0.25) is 11.9 Å². The first kappa shape index (κ1) is 11.3. The molecule has 0 saturated carbocycles. The van der Waals surface area contributed by atoms with Gasteiger partial charge in [-0.2, -0.15) is 0 Å². The van der Waals surface area contributed by atoms with Gasteiger partial charge in [0.1, 0.15) is 6.04 Å². The lowest BCUT2D eigenvalue weighted by molar-refractivity contribution is -0.117. The highest BCUT2D eigenvalue weighted by Gasteiger charge is 2.16. The largest absolute Gasteiger partial charge is 0.331 e. The Bertz CT molecular complexity index is 490. The summed E-state index contributed by atoms with van der Waals surface area (Å²) in [6, 6.07) is 6.86. The van der Waals surface area contributed by atoms with E-state index in [0.717, 1.165) is 11.1 Å². The van der Waals surface area contributed by atoms with Gasteiger partial charge in [-0.1, -0.05) is 29.8 Å². The maximum Gasteiger partial charge on any atom is 0.248 e. The van der Waals surface area contributed by atoms with E-state index in [1.165, 1.54) is 0 Å². The third kappa shape index (κ3) is 2.70. The highest BCUT2D eigenvalue weighted by molar-refractivity contribution is 5.93. The van der Waals surface area contributed by atoms with E-state index in [9.17, 15) is 4.79 Å². The minimum Gasteiger partial charge on any atom is -0.331 e. The quantitative estimate of drug-likeness (QED) is 0.744. The average Bonchev–Trinajstić information content (AvgIpc) is 2.82. The molecule has 0 aliphatic heterocycles. The van der Waals surface area contributed by atoms with Crippen molar-refractivity contribution in [1.82, 2.24) is 9.97 Å². The number of rotatable bonds is 3. The first-order valence-corrected chi connectivity index (χ1v) is 5.29. The number of aromatic nitrogens is 2. The Morgan fingerprint density at radius 3 is 2.71 bits per heavy atom. The standard InChI is InChI=1S/C12H14N4O/c1-8-2-4-9(5-3-8)10(13)11(17)16-12-14-6-7-15-12/h2-7,10H,13H2,1H3,(H2,14,15,16,17). The molecule has 0 radical (unpaired) electrons. The third-order valence-electron chi connectivity index (χ3n) is 2.46. The second-order valence-electron chi connectivity index (χ2n) is 3.82. The molecule has 2 rings (SSSR count). The number of anilines is 1. The van der Waals surface area contributed by atoms with E-state index >= 15 is 0 Å². The number of nitrogens with two attached hydrogens (primary N) is 1. The Kier molecular flexibility index (Phi) is 3.20. The molecule has 0 bridgehead atoms. The normalized spacial score (nSPS) is 12.1. The van der Waals surface area contributed by atoms with E-state index < -0.39 is 6.04 Å². The second kappa shape index (κ2) is 4.80. The summed E-state index contributed by atoms with van der Waals surface area (Å²) < 4.78 is 0. The fraction of sp³-hybridized carbons (Fsp3) is 0.167. The van der Waals surface area contributed by atoms with E-state index in [4.69, 9.17) is 5.73 Å². The first-order valence-electron chi connectivity index (χ1n) is 5.29. The van der Waals surface area contributed by atoms with Crippen LogP contribution in [0, 0.1) is 6.92 Å². The smallest absolute Gasteiger partial charge is 0.248 e. The lowest BCUT2D eigenvalue weighted by atomic mass is 10.1. The van der Waals surface area contributed by atoms with Gasteiger partial charge in [0.05, 0.1) is 0 Å². The van der Waals surface area contributed by atoms with E-state index in [-0.39, 0.29) is 5.91 Å². The number of hydrogen-bond acceptors (Lipinski definition) is 3. The molecule has 0 aliphatic rings. The van der Waals surface area contributed by atoms with Gasteiger partial charge in [-0.05, 0) is 12.5 Å². The number of carbonyl (C=O) groups is 1. The molecule has 1 amide bonds. The number of imidazole rings is 1. The van der Waals surface area contributed by atoms with Crippen molar-refractivity contribution in [2.45, 2.75) is 13.0 Å². The zero-order valence-corrected chi connectivity index (χ0v) is 9.47. The maximum atomic E-state index is 11.8. The SMILES string of the molecule is Cc1ccc(C(N)C(=O)Nc2ncc[nH]2)cc1. The van der Waals surface area contributed by atoms with Gasteiger partial charge < -0.3 is 10.7 Å². The number of amides is 1. The predicted octanol–water partition coefficient (Wildman–Crippen LogP) is 1.36. The Hall–Kier alpha value is -2.14. The summed E-state index contributed by atoms with van der Waals surface area (Å²) in [5.74, 6) is 0.112. The van der Waals surface area contributed by atoms with Crippen LogP contribution in [0.15, 0.2) is 36.7 Å². The predicted molar refractivity (Wildman–Crippen MR) is 65.3 cm³/mol. The number of carbonyl (C=O) groups excluding carboxylic acids is 1. The third-order valence-corrected chi connectivity index (χ3v) is 2.46. The van der Waals surface area contributed by atoms with E-state index in [1.807, 2.05) is 31.2 Å². The molecular weight excluding hydrogens is 216 g/mol. The summed E-state index contributed by atoms with van der Waals surface area (Å²) in [6.45, 7) is 1.98. The highest BCUT2D eigenvalue weighted by Crippen LogP contribution is 2.12. The van der Waals surface area contributed by atoms with Gasteiger partial charge in [-0.15, -0.1) is 0 Å². The number of benzene rings is 1. The van der Waals surface area contributed by atoms with Crippen molar-refractivity contribution in [2.75, 3.05) is 5.32 Å². The fourth-order valence-electron chi connectivity index (χ4n) is 1.45. The van der Waals surface area contributed by atoms with Crippen molar-refractivity contribution in [2.24, 2.45) is 5.73 Å². The Morgan fingerprint density at radius 2 is 2.12 bits per heavy atom. The maximum absolute atomic E-state index is 11.8. The monoisotopic (exact) mass is 230 g/mol. The zero-order valence-electron chi connectivity index (χ0n) is 9.47. The van der Waals surface area contributed by atoms with Gasteiger partial charge in [-0.3, -0.25) is 10.1 Å². The Balaban J connectivity index is 2.07. The molecule has 88 valence electrons. The Morgan fingerprint density at radius 1 is 1.41 bits per heavy atom. The Labute approximate surface area is 99.1 Å². The molecule has 17 heavy (non-hydrogen) atoms. The minimum absolute atomic E-state index is 0.288. The summed E-state index contributed by atoms with van der Waals surface area (Å²) in [5, 5.41) is 2.60. The van der Waals surface area contributed by atoms with Crippen molar-refractivity contribution in [3.8, 4) is 0 Å². The van der Waals surface area contributed by atoms with Crippen LogP contribution in [0.4, 0.5) is 5.95 Å². The molecule has 0 saturated heterocycles. The summed E-state index contributed by atoms with van der Waals surface area (Å²) >= 11 is 0. The highest BCUT2D eigenvalue weighted by atomic mass is 16.2. The van der Waals surface area contributed by atoms with Crippen molar-refractivity contribution in [1.29, 1.82) is 0 Å². The second-order valence-corrected chi connectivity index (χ2v) is 3.82. The van der Waals surface area contributed by atoms with Crippen LogP contribution in [0.5, 0.6) is 0 Å². The number of nitrogens with one attached hydrogen (secondary N) is 2. The van der Waals surface area contributed by atoms with Gasteiger partial charge in [0, 0.05) is 12.4 Å². The topological polar surface area (TPSA) is 83.8 Å². The van der Waals surface area contributed by atoms with Crippen LogP contribution in [-0.2, 0) is 4.79 Å². The molecule has 1 aromatic heterocycles. The molecule has 1 atom stereocenters. The van der Waals surface area contributed by atoms with E-state index in [0.29, 0.717) is 5.95 Å². The van der Waals surface area contributed by atoms with Crippen LogP contribution in [0.2, 0.25) is 0 Å². The number of aryl methyl sites for hydroxylation is 1. The molecule has 1 aromatic carbocycles. The molecule has 0 spiro atoms. The number of aromatic amines is 1. The molecule has 1 unspecified atom stereocenters. The fourth-order valence-corrected chi connectivity index (χ4v) is 1.45. The van der Waals surface area contributed by atoms with Crippen LogP contribution in [0.3, 0.4) is 0 Å². The zero-order chi connectivity index (χ0) is 12.3. The average molecular weight is 230 g/mol. The molecule has 5 nitrogen and oxygen atoms in total.